The van der Waals surface area contributed by atoms with E-state index in [4.69, 9.17) is 0 Å². The molecule has 1 aromatic heterocycles. The summed E-state index contributed by atoms with van der Waals surface area (Å²) < 4.78 is 14.4. The van der Waals surface area contributed by atoms with E-state index in [0.29, 0.717) is 49.2 Å². The highest BCUT2D eigenvalue weighted by atomic mass is 19.1. The Hall–Kier alpha value is -3.55. The Morgan fingerprint density at radius 2 is 1.83 bits per heavy atom. The lowest BCUT2D eigenvalue weighted by atomic mass is 10.0. The molecule has 1 N–H and O–H groups in total. The monoisotopic (exact) mass is 394 g/mol. The van der Waals surface area contributed by atoms with Crippen LogP contribution in [0.15, 0.2) is 47.3 Å². The number of rotatable bonds is 4. The van der Waals surface area contributed by atoms with Gasteiger partial charge in [-0.2, -0.15) is 5.10 Å². The van der Waals surface area contributed by atoms with Gasteiger partial charge in [-0.15, -0.1) is 0 Å². The Kier molecular flexibility index (Phi) is 5.07. The summed E-state index contributed by atoms with van der Waals surface area (Å²) in [5.41, 5.74) is 1.08. The number of nitrogens with zero attached hydrogens (tertiary/aromatic N) is 3. The number of hydrogen-bond donors (Lipinski definition) is 1. The molecule has 4 rings (SSSR count). The van der Waals surface area contributed by atoms with Crippen LogP contribution in [0.2, 0.25) is 0 Å². The zero-order chi connectivity index (χ0) is 20.4. The first-order valence-electron chi connectivity index (χ1n) is 9.30. The van der Waals surface area contributed by atoms with Crippen LogP contribution >= 0.6 is 0 Å². The van der Waals surface area contributed by atoms with E-state index in [1.54, 1.807) is 28.0 Å². The van der Waals surface area contributed by atoms with Crippen LogP contribution in [0.5, 0.6) is 0 Å². The maximum Gasteiger partial charge on any atom is 0.272 e. The van der Waals surface area contributed by atoms with E-state index in [1.165, 1.54) is 12.1 Å². The molecule has 1 aliphatic heterocycles. The lowest BCUT2D eigenvalue weighted by Gasteiger charge is -2.32. The van der Waals surface area contributed by atoms with Gasteiger partial charge in [0.25, 0.3) is 11.5 Å². The predicted octanol–water partition coefficient (Wildman–Crippen LogP) is 1.57. The van der Waals surface area contributed by atoms with E-state index in [-0.39, 0.29) is 11.1 Å². The number of aromatic nitrogens is 2. The molecule has 8 heteroatoms. The summed E-state index contributed by atoms with van der Waals surface area (Å²) in [6.07, 6.45) is 1.10. The second kappa shape index (κ2) is 7.83. The van der Waals surface area contributed by atoms with Crippen molar-refractivity contribution in [2.24, 2.45) is 0 Å². The SMILES string of the molecule is O=CN1CCN(C(=O)c2cc(Cc3n[nH]c(=O)c4ccccc34)ccc2F)CC1. The topological polar surface area (TPSA) is 86.4 Å². The van der Waals surface area contributed by atoms with Crippen molar-refractivity contribution in [1.82, 2.24) is 20.0 Å². The highest BCUT2D eigenvalue weighted by Crippen LogP contribution is 2.20. The summed E-state index contributed by atoms with van der Waals surface area (Å²) in [6.45, 7) is 1.61. The Bertz CT molecular complexity index is 1140. The molecule has 1 aliphatic rings. The summed E-state index contributed by atoms with van der Waals surface area (Å²) in [5.74, 6) is -0.981. The third kappa shape index (κ3) is 3.73. The smallest absolute Gasteiger partial charge is 0.272 e. The van der Waals surface area contributed by atoms with Crippen molar-refractivity contribution in [3.05, 3.63) is 75.5 Å². The van der Waals surface area contributed by atoms with Crippen molar-refractivity contribution >= 4 is 23.1 Å². The van der Waals surface area contributed by atoms with Crippen molar-refractivity contribution in [1.29, 1.82) is 0 Å². The van der Waals surface area contributed by atoms with Gasteiger partial charge in [0.15, 0.2) is 0 Å². The van der Waals surface area contributed by atoms with Gasteiger partial charge < -0.3 is 9.80 Å². The molecule has 0 saturated carbocycles. The number of nitrogens with one attached hydrogen (secondary N) is 1. The molecule has 29 heavy (non-hydrogen) atoms. The minimum atomic E-state index is -0.587. The van der Waals surface area contributed by atoms with Crippen LogP contribution in [-0.4, -0.2) is 58.5 Å². The largest absolute Gasteiger partial charge is 0.342 e. The van der Waals surface area contributed by atoms with Crippen molar-refractivity contribution in [3.8, 4) is 0 Å². The summed E-state index contributed by atoms with van der Waals surface area (Å²) >= 11 is 0. The number of halogens is 1. The maximum atomic E-state index is 14.4. The second-order valence-corrected chi connectivity index (χ2v) is 6.97. The van der Waals surface area contributed by atoms with E-state index in [1.807, 2.05) is 12.1 Å². The fourth-order valence-electron chi connectivity index (χ4n) is 3.55. The molecule has 0 aliphatic carbocycles. The molecule has 0 spiro atoms. The number of hydrogen-bond acceptors (Lipinski definition) is 4. The molecule has 2 aromatic carbocycles. The number of benzene rings is 2. The number of H-pyrrole nitrogens is 1. The minimum absolute atomic E-state index is 0.00390. The minimum Gasteiger partial charge on any atom is -0.342 e. The van der Waals surface area contributed by atoms with Gasteiger partial charge in [-0.05, 0) is 23.8 Å². The first-order chi connectivity index (χ1) is 14.1. The second-order valence-electron chi connectivity index (χ2n) is 6.97. The molecular formula is C21H19FN4O3. The number of carbonyl (C=O) groups excluding carboxylic acids is 2. The van der Waals surface area contributed by atoms with Gasteiger partial charge in [0.1, 0.15) is 5.82 Å². The summed E-state index contributed by atoms with van der Waals surface area (Å²) in [4.78, 5) is 38.7. The molecule has 0 bridgehead atoms. The molecule has 2 heterocycles. The summed E-state index contributed by atoms with van der Waals surface area (Å²) in [5, 5.41) is 7.88. The van der Waals surface area contributed by atoms with Crippen LogP contribution in [0.25, 0.3) is 10.8 Å². The Morgan fingerprint density at radius 1 is 1.10 bits per heavy atom. The van der Waals surface area contributed by atoms with E-state index in [2.05, 4.69) is 10.2 Å². The molecule has 148 valence electrons. The Balaban J connectivity index is 1.61. The number of aromatic amines is 1. The molecule has 1 saturated heterocycles. The first-order valence-corrected chi connectivity index (χ1v) is 9.30. The van der Waals surface area contributed by atoms with E-state index in [9.17, 15) is 18.8 Å². The van der Waals surface area contributed by atoms with Gasteiger partial charge in [0.05, 0.1) is 16.6 Å². The molecule has 0 radical (unpaired) electrons. The molecule has 3 aromatic rings. The van der Waals surface area contributed by atoms with Crippen molar-refractivity contribution in [3.63, 3.8) is 0 Å². The van der Waals surface area contributed by atoms with Crippen molar-refractivity contribution < 1.29 is 14.0 Å². The lowest BCUT2D eigenvalue weighted by molar-refractivity contribution is -0.119. The van der Waals surface area contributed by atoms with Crippen LogP contribution in [0.1, 0.15) is 21.6 Å². The Morgan fingerprint density at radius 3 is 2.55 bits per heavy atom. The summed E-state index contributed by atoms with van der Waals surface area (Å²) in [7, 11) is 0. The first kappa shape index (κ1) is 18.8. The van der Waals surface area contributed by atoms with Gasteiger partial charge >= 0.3 is 0 Å². The van der Waals surface area contributed by atoms with Gasteiger partial charge in [0.2, 0.25) is 6.41 Å². The fraction of sp³-hybridized carbons (Fsp3) is 0.238. The van der Waals surface area contributed by atoms with E-state index >= 15 is 0 Å². The lowest BCUT2D eigenvalue weighted by Crippen LogP contribution is -2.48. The molecule has 2 amide bonds. The number of amides is 2. The third-order valence-electron chi connectivity index (χ3n) is 5.16. The molecule has 7 nitrogen and oxygen atoms in total. The predicted molar refractivity (Wildman–Crippen MR) is 105 cm³/mol. The van der Waals surface area contributed by atoms with Gasteiger partial charge in [-0.3, -0.25) is 14.4 Å². The van der Waals surface area contributed by atoms with Crippen LogP contribution < -0.4 is 5.56 Å². The average molecular weight is 394 g/mol. The van der Waals surface area contributed by atoms with Crippen molar-refractivity contribution in [2.45, 2.75) is 6.42 Å². The number of piperazine rings is 1. The maximum absolute atomic E-state index is 14.4. The summed E-state index contributed by atoms with van der Waals surface area (Å²) in [6, 6.07) is 11.6. The van der Waals surface area contributed by atoms with Gasteiger partial charge in [-0.1, -0.05) is 24.3 Å². The molecular weight excluding hydrogens is 375 g/mol. The quantitative estimate of drug-likeness (QED) is 0.681. The van der Waals surface area contributed by atoms with E-state index < -0.39 is 11.7 Å². The zero-order valence-corrected chi connectivity index (χ0v) is 15.6. The van der Waals surface area contributed by atoms with Crippen LogP contribution in [0.3, 0.4) is 0 Å². The number of carbonyl (C=O) groups is 2. The highest BCUT2D eigenvalue weighted by Gasteiger charge is 2.24. The van der Waals surface area contributed by atoms with Crippen molar-refractivity contribution in [2.75, 3.05) is 26.2 Å². The van der Waals surface area contributed by atoms with Crippen LogP contribution in [0.4, 0.5) is 4.39 Å². The highest BCUT2D eigenvalue weighted by molar-refractivity contribution is 5.95. The molecule has 0 unspecified atom stereocenters. The third-order valence-corrected chi connectivity index (χ3v) is 5.16. The zero-order valence-electron chi connectivity index (χ0n) is 15.6. The standard InChI is InChI=1S/C21H19FN4O3/c22-18-6-5-14(11-17(18)21(29)26-9-7-25(13-27)8-10-26)12-19-15-3-1-2-4-16(15)20(28)24-23-19/h1-6,11,13H,7-10,12H2,(H,24,28). The molecule has 0 atom stereocenters. The molecule has 1 fully saturated rings. The van der Waals surface area contributed by atoms with Crippen LogP contribution in [0, 0.1) is 5.82 Å². The number of fused-ring (bicyclic) bond motifs is 1. The van der Waals surface area contributed by atoms with E-state index in [0.717, 1.165) is 11.8 Å². The van der Waals surface area contributed by atoms with Gasteiger partial charge in [-0.25, -0.2) is 9.49 Å². The normalized spacial score (nSPS) is 14.2. The average Bonchev–Trinajstić information content (AvgIpc) is 2.77. The van der Waals surface area contributed by atoms with Crippen LogP contribution in [-0.2, 0) is 11.2 Å². The Labute approximate surface area is 165 Å². The fourth-order valence-corrected chi connectivity index (χ4v) is 3.55. The van der Waals surface area contributed by atoms with Gasteiger partial charge in [0, 0.05) is 38.0 Å².